The van der Waals surface area contributed by atoms with Crippen LogP contribution in [0.1, 0.15) is 47.4 Å². The number of piperidine rings is 1. The maximum Gasteiger partial charge on any atom is 0.274 e. The number of fused-ring (bicyclic) bond motifs is 1. The molecule has 32 heavy (non-hydrogen) atoms. The van der Waals surface area contributed by atoms with E-state index in [0.717, 1.165) is 41.4 Å². The lowest BCUT2D eigenvalue weighted by molar-refractivity contribution is 0.0699. The molecular formula is C23H24N6O2S. The number of carbonyl (C=O) groups is 1. The SMILES string of the molecule is CCc1ccccc1Nc1nc(C2CCCN(C(=O)c3ccc(=O)[nH]n3)C2)c2sccn12. The Labute approximate surface area is 188 Å². The summed E-state index contributed by atoms with van der Waals surface area (Å²) in [6, 6.07) is 11.1. The van der Waals surface area contributed by atoms with E-state index in [1.54, 1.807) is 11.3 Å². The molecule has 4 aromatic rings. The Morgan fingerprint density at radius 1 is 1.28 bits per heavy atom. The first-order chi connectivity index (χ1) is 15.6. The van der Waals surface area contributed by atoms with Gasteiger partial charge in [-0.15, -0.1) is 11.3 Å². The van der Waals surface area contributed by atoms with Crippen molar-refractivity contribution in [1.82, 2.24) is 24.5 Å². The number of para-hydroxylation sites is 1. The summed E-state index contributed by atoms with van der Waals surface area (Å²) in [6.45, 7) is 3.39. The molecule has 1 atom stereocenters. The van der Waals surface area contributed by atoms with Gasteiger partial charge in [0.05, 0.1) is 5.69 Å². The summed E-state index contributed by atoms with van der Waals surface area (Å²) in [5.41, 5.74) is 3.26. The minimum absolute atomic E-state index is 0.140. The molecule has 9 heteroatoms. The van der Waals surface area contributed by atoms with Crippen molar-refractivity contribution in [3.05, 3.63) is 75.3 Å². The molecule has 1 aliphatic rings. The number of hydrogen-bond donors (Lipinski definition) is 2. The highest BCUT2D eigenvalue weighted by molar-refractivity contribution is 7.15. The number of hydrogen-bond acceptors (Lipinski definition) is 6. The van der Waals surface area contributed by atoms with Crippen molar-refractivity contribution in [3.8, 4) is 0 Å². The van der Waals surface area contributed by atoms with Crippen LogP contribution in [0.4, 0.5) is 11.6 Å². The average Bonchev–Trinajstić information content (AvgIpc) is 3.43. The van der Waals surface area contributed by atoms with Gasteiger partial charge in [-0.25, -0.2) is 10.1 Å². The highest BCUT2D eigenvalue weighted by atomic mass is 32.1. The quantitative estimate of drug-likeness (QED) is 0.484. The lowest BCUT2D eigenvalue weighted by atomic mass is 9.95. The van der Waals surface area contributed by atoms with Gasteiger partial charge < -0.3 is 10.2 Å². The van der Waals surface area contributed by atoms with Gasteiger partial charge in [-0.05, 0) is 37.0 Å². The van der Waals surface area contributed by atoms with Crippen molar-refractivity contribution >= 4 is 33.7 Å². The molecule has 0 saturated carbocycles. The van der Waals surface area contributed by atoms with Gasteiger partial charge in [-0.3, -0.25) is 14.0 Å². The molecular weight excluding hydrogens is 424 g/mol. The smallest absolute Gasteiger partial charge is 0.274 e. The van der Waals surface area contributed by atoms with Gasteiger partial charge in [0.1, 0.15) is 10.5 Å². The number of nitrogens with zero attached hydrogens (tertiary/aromatic N) is 4. The molecule has 164 valence electrons. The molecule has 1 unspecified atom stereocenters. The minimum atomic E-state index is -0.319. The van der Waals surface area contributed by atoms with E-state index in [4.69, 9.17) is 4.98 Å². The van der Waals surface area contributed by atoms with E-state index >= 15 is 0 Å². The highest BCUT2D eigenvalue weighted by Crippen LogP contribution is 2.34. The van der Waals surface area contributed by atoms with Gasteiger partial charge in [-0.1, -0.05) is 25.1 Å². The first kappa shape index (κ1) is 20.4. The third-order valence-electron chi connectivity index (χ3n) is 5.92. The van der Waals surface area contributed by atoms with E-state index in [1.165, 1.54) is 17.7 Å². The van der Waals surface area contributed by atoms with Gasteiger partial charge in [-0.2, -0.15) is 5.10 Å². The molecule has 1 fully saturated rings. The zero-order valence-corrected chi connectivity index (χ0v) is 18.6. The maximum atomic E-state index is 12.9. The van der Waals surface area contributed by atoms with E-state index < -0.39 is 0 Å². The van der Waals surface area contributed by atoms with Crippen LogP contribution in [-0.2, 0) is 6.42 Å². The number of amides is 1. The Kier molecular flexibility index (Phi) is 5.48. The lowest BCUT2D eigenvalue weighted by Crippen LogP contribution is -2.39. The second-order valence-corrected chi connectivity index (χ2v) is 8.83. The molecule has 0 spiro atoms. The van der Waals surface area contributed by atoms with E-state index in [0.29, 0.717) is 13.1 Å². The molecule has 0 radical (unpaired) electrons. The van der Waals surface area contributed by atoms with Crippen LogP contribution in [0.5, 0.6) is 0 Å². The first-order valence-corrected chi connectivity index (χ1v) is 11.7. The number of thiazole rings is 1. The fourth-order valence-corrected chi connectivity index (χ4v) is 5.19. The van der Waals surface area contributed by atoms with Crippen LogP contribution in [0, 0.1) is 0 Å². The van der Waals surface area contributed by atoms with Gasteiger partial charge in [0, 0.05) is 42.3 Å². The Hall–Kier alpha value is -3.46. The van der Waals surface area contributed by atoms with Crippen molar-refractivity contribution < 1.29 is 4.79 Å². The Bertz CT molecular complexity index is 1300. The molecule has 1 aliphatic heterocycles. The minimum Gasteiger partial charge on any atom is -0.337 e. The Morgan fingerprint density at radius 2 is 2.16 bits per heavy atom. The van der Waals surface area contributed by atoms with E-state index in [-0.39, 0.29) is 23.1 Å². The van der Waals surface area contributed by atoms with Crippen LogP contribution in [0.3, 0.4) is 0 Å². The summed E-state index contributed by atoms with van der Waals surface area (Å²) >= 11 is 1.66. The summed E-state index contributed by atoms with van der Waals surface area (Å²) < 4.78 is 2.09. The van der Waals surface area contributed by atoms with Crippen molar-refractivity contribution in [2.24, 2.45) is 0 Å². The summed E-state index contributed by atoms with van der Waals surface area (Å²) in [4.78, 5) is 32.1. The summed E-state index contributed by atoms with van der Waals surface area (Å²) in [7, 11) is 0. The molecule has 2 N–H and O–H groups in total. The zero-order chi connectivity index (χ0) is 22.1. The van der Waals surface area contributed by atoms with E-state index in [9.17, 15) is 9.59 Å². The van der Waals surface area contributed by atoms with Crippen LogP contribution in [0.15, 0.2) is 52.8 Å². The lowest BCUT2D eigenvalue weighted by Gasteiger charge is -2.31. The number of anilines is 2. The maximum absolute atomic E-state index is 12.9. The Morgan fingerprint density at radius 3 is 2.97 bits per heavy atom. The number of aromatic nitrogens is 4. The largest absolute Gasteiger partial charge is 0.337 e. The van der Waals surface area contributed by atoms with Crippen LogP contribution in [0.25, 0.3) is 4.83 Å². The van der Waals surface area contributed by atoms with Gasteiger partial charge in [0.15, 0.2) is 0 Å². The molecule has 4 heterocycles. The number of nitrogens with one attached hydrogen (secondary N) is 2. The number of aryl methyl sites for hydroxylation is 1. The second-order valence-electron chi connectivity index (χ2n) is 7.93. The third-order valence-corrected chi connectivity index (χ3v) is 6.81. The fourth-order valence-electron chi connectivity index (χ4n) is 4.28. The molecule has 1 aromatic carbocycles. The molecule has 8 nitrogen and oxygen atoms in total. The van der Waals surface area contributed by atoms with E-state index in [2.05, 4.69) is 44.4 Å². The molecule has 1 amide bonds. The number of aromatic amines is 1. The topological polar surface area (TPSA) is 95.4 Å². The van der Waals surface area contributed by atoms with Gasteiger partial charge >= 0.3 is 0 Å². The number of benzene rings is 1. The summed E-state index contributed by atoms with van der Waals surface area (Å²) in [5.74, 6) is 0.770. The van der Waals surface area contributed by atoms with Gasteiger partial charge in [0.2, 0.25) is 5.95 Å². The predicted octanol–water partition coefficient (Wildman–Crippen LogP) is 3.80. The van der Waals surface area contributed by atoms with Crippen molar-refractivity contribution in [2.75, 3.05) is 18.4 Å². The predicted molar refractivity (Wildman–Crippen MR) is 125 cm³/mol. The van der Waals surface area contributed by atoms with E-state index in [1.807, 2.05) is 23.2 Å². The summed E-state index contributed by atoms with van der Waals surface area (Å²) in [6.07, 6.45) is 4.83. The molecule has 5 rings (SSSR count). The van der Waals surface area contributed by atoms with Crippen LogP contribution in [0.2, 0.25) is 0 Å². The fraction of sp³-hybridized carbons (Fsp3) is 0.304. The number of carbonyl (C=O) groups excluding carboxylic acids is 1. The number of imidazole rings is 1. The van der Waals surface area contributed by atoms with Crippen molar-refractivity contribution in [2.45, 2.75) is 32.1 Å². The highest BCUT2D eigenvalue weighted by Gasteiger charge is 2.30. The normalized spacial score (nSPS) is 16.4. The third kappa shape index (κ3) is 3.80. The van der Waals surface area contributed by atoms with Crippen molar-refractivity contribution in [3.63, 3.8) is 0 Å². The first-order valence-electron chi connectivity index (χ1n) is 10.8. The van der Waals surface area contributed by atoms with Crippen LogP contribution >= 0.6 is 11.3 Å². The zero-order valence-electron chi connectivity index (χ0n) is 17.7. The van der Waals surface area contributed by atoms with Gasteiger partial charge in [0.25, 0.3) is 11.5 Å². The Balaban J connectivity index is 1.42. The van der Waals surface area contributed by atoms with Crippen LogP contribution < -0.4 is 10.9 Å². The summed E-state index contributed by atoms with van der Waals surface area (Å²) in [5, 5.41) is 11.8. The van der Waals surface area contributed by atoms with Crippen molar-refractivity contribution in [1.29, 1.82) is 0 Å². The van der Waals surface area contributed by atoms with Crippen LogP contribution in [-0.4, -0.2) is 43.5 Å². The number of H-pyrrole nitrogens is 1. The number of rotatable bonds is 5. The monoisotopic (exact) mass is 448 g/mol. The standard InChI is InChI=1S/C23H24N6O2S/c1-2-15-6-3-4-8-17(15)24-23-25-20(22-29(23)12-13-32-22)16-7-5-11-28(14-16)21(31)18-9-10-19(30)27-26-18/h3-4,6,8-10,12-13,16H,2,5,7,11,14H2,1H3,(H,24,25)(H,27,30). The second kappa shape index (κ2) is 8.58. The molecule has 0 bridgehead atoms. The molecule has 0 aliphatic carbocycles. The molecule has 3 aromatic heterocycles. The number of likely N-dealkylation sites (tertiary alicyclic amines) is 1. The average molecular weight is 449 g/mol. The molecule has 1 saturated heterocycles.